The molecular weight excluding hydrogens is 525 g/mol. The molecule has 14 heteroatoms. The number of benzene rings is 1. The zero-order valence-corrected chi connectivity index (χ0v) is 20.5. The van der Waals surface area contributed by atoms with E-state index in [1.165, 1.54) is 38.4 Å². The van der Waals surface area contributed by atoms with Gasteiger partial charge in [0.25, 0.3) is 5.91 Å². The van der Waals surface area contributed by atoms with Crippen LogP contribution >= 0.6 is 22.9 Å². The molecule has 0 radical (unpaired) electrons. The number of hydrogen-bond donors (Lipinski definition) is 1. The van der Waals surface area contributed by atoms with Crippen molar-refractivity contribution in [3.63, 3.8) is 0 Å². The fourth-order valence-electron chi connectivity index (χ4n) is 2.93. The number of nitrogens with zero attached hydrogens (tertiary/aromatic N) is 3. The monoisotopic (exact) mass is 542 g/mol. The number of aromatic nitrogens is 2. The van der Waals surface area contributed by atoms with Crippen molar-refractivity contribution < 1.29 is 37.1 Å². The molecule has 0 aliphatic heterocycles. The van der Waals surface area contributed by atoms with Crippen molar-refractivity contribution >= 4 is 51.5 Å². The summed E-state index contributed by atoms with van der Waals surface area (Å²) in [6.07, 6.45) is -4.50. The van der Waals surface area contributed by atoms with Crippen molar-refractivity contribution in [2.24, 2.45) is 0 Å². The number of hydroxylamine groups is 1. The maximum Gasteiger partial charge on any atom is 0.493 e. The van der Waals surface area contributed by atoms with Gasteiger partial charge in [-0.15, -0.1) is 5.06 Å². The van der Waals surface area contributed by atoms with E-state index in [-0.39, 0.29) is 26.9 Å². The number of carbonyl (C=O) groups is 3. The zero-order chi connectivity index (χ0) is 26.6. The molecule has 0 aliphatic rings. The fourth-order valence-corrected chi connectivity index (χ4v) is 4.10. The highest BCUT2D eigenvalue weighted by Crippen LogP contribution is 2.37. The lowest BCUT2D eigenvalue weighted by Gasteiger charge is -2.23. The summed E-state index contributed by atoms with van der Waals surface area (Å²) in [5.74, 6) is -3.47. The minimum absolute atomic E-state index is 0.171. The van der Waals surface area contributed by atoms with Gasteiger partial charge >= 0.3 is 12.1 Å². The average molecular weight is 543 g/mol. The third-order valence-electron chi connectivity index (χ3n) is 4.53. The minimum Gasteiger partial charge on any atom is -0.497 e. The number of aryl methyl sites for hydroxylation is 1. The lowest BCUT2D eigenvalue weighted by Crippen LogP contribution is -2.39. The summed E-state index contributed by atoms with van der Waals surface area (Å²) >= 11 is 7.18. The van der Waals surface area contributed by atoms with Crippen molar-refractivity contribution in [2.75, 3.05) is 17.5 Å². The molecule has 0 unspecified atom stereocenters. The molecule has 3 aromatic rings. The van der Waals surface area contributed by atoms with Gasteiger partial charge in [0.2, 0.25) is 5.91 Å². The molecule has 0 bridgehead atoms. The van der Waals surface area contributed by atoms with Crippen molar-refractivity contribution in [1.82, 2.24) is 9.97 Å². The van der Waals surface area contributed by atoms with Crippen molar-refractivity contribution in [2.45, 2.75) is 26.4 Å². The molecule has 0 spiro atoms. The average Bonchev–Trinajstić information content (AvgIpc) is 3.16. The number of carbonyl (C=O) groups excluding carboxylic acids is 3. The smallest absolute Gasteiger partial charge is 0.493 e. The molecule has 190 valence electrons. The van der Waals surface area contributed by atoms with Gasteiger partial charge in [-0.3, -0.25) is 9.59 Å². The van der Waals surface area contributed by atoms with Crippen LogP contribution in [0.25, 0.3) is 10.4 Å². The molecule has 1 N–H and O–H groups in total. The Bertz CT molecular complexity index is 1300. The summed E-state index contributed by atoms with van der Waals surface area (Å²) in [5.41, 5.74) is 0.806. The van der Waals surface area contributed by atoms with Crippen LogP contribution in [0.15, 0.2) is 36.5 Å². The summed E-state index contributed by atoms with van der Waals surface area (Å²) in [5, 5.41) is 2.60. The number of hydrogen-bond acceptors (Lipinski definition) is 8. The van der Waals surface area contributed by atoms with Crippen LogP contribution < -0.4 is 15.1 Å². The zero-order valence-electron chi connectivity index (χ0n) is 19.0. The van der Waals surface area contributed by atoms with Crippen LogP contribution in [0.1, 0.15) is 18.2 Å². The van der Waals surface area contributed by atoms with Crippen molar-refractivity contribution in [3.05, 3.63) is 52.9 Å². The van der Waals surface area contributed by atoms with E-state index in [4.69, 9.17) is 16.3 Å². The number of anilines is 2. The van der Waals surface area contributed by atoms with E-state index < -0.39 is 24.5 Å². The predicted octanol–water partition coefficient (Wildman–Crippen LogP) is 4.73. The number of thiazole rings is 1. The number of methoxy groups -OCH3 is 1. The molecule has 3 rings (SSSR count). The number of pyridine rings is 1. The first-order valence-electron chi connectivity index (χ1n) is 10.0. The Morgan fingerprint density at radius 3 is 2.44 bits per heavy atom. The normalized spacial score (nSPS) is 11.1. The lowest BCUT2D eigenvalue weighted by atomic mass is 10.1. The van der Waals surface area contributed by atoms with Gasteiger partial charge in [-0.2, -0.15) is 13.2 Å². The van der Waals surface area contributed by atoms with E-state index >= 15 is 0 Å². The van der Waals surface area contributed by atoms with E-state index in [2.05, 4.69) is 20.1 Å². The molecule has 0 atom stereocenters. The Balaban J connectivity index is 2.01. The number of ether oxygens (including phenoxy) is 1. The molecule has 0 aliphatic carbocycles. The van der Waals surface area contributed by atoms with Crippen LogP contribution in [0.5, 0.6) is 5.75 Å². The number of amides is 2. The Labute approximate surface area is 211 Å². The SMILES string of the molecule is COc1ccc(CC(=O)N(OC(=O)C(F)(F)F)c2cc(-c3sc(NC(C)=O)nc3C)cnc2Cl)cc1. The molecule has 0 saturated carbocycles. The first-order valence-corrected chi connectivity index (χ1v) is 11.2. The summed E-state index contributed by atoms with van der Waals surface area (Å²) in [6, 6.07) is 7.41. The van der Waals surface area contributed by atoms with Gasteiger partial charge in [0.05, 0.1) is 24.1 Å². The van der Waals surface area contributed by atoms with E-state index in [0.29, 0.717) is 27.4 Å². The van der Waals surface area contributed by atoms with Crippen LogP contribution in [0.2, 0.25) is 5.15 Å². The lowest BCUT2D eigenvalue weighted by molar-refractivity contribution is -0.201. The van der Waals surface area contributed by atoms with E-state index in [1.54, 1.807) is 19.1 Å². The molecule has 1 aromatic carbocycles. The Hall–Kier alpha value is -3.71. The number of alkyl halides is 3. The summed E-state index contributed by atoms with van der Waals surface area (Å²) in [4.78, 5) is 49.1. The first kappa shape index (κ1) is 26.9. The van der Waals surface area contributed by atoms with E-state index in [9.17, 15) is 27.6 Å². The quantitative estimate of drug-likeness (QED) is 0.354. The van der Waals surface area contributed by atoms with Gasteiger partial charge in [0.1, 0.15) is 11.4 Å². The van der Waals surface area contributed by atoms with Gasteiger partial charge in [-0.1, -0.05) is 35.1 Å². The minimum atomic E-state index is -5.38. The first-order chi connectivity index (χ1) is 16.9. The van der Waals surface area contributed by atoms with Crippen LogP contribution in [-0.2, 0) is 25.6 Å². The number of halogens is 4. The van der Waals surface area contributed by atoms with Crippen molar-refractivity contribution in [3.8, 4) is 16.2 Å². The second kappa shape index (κ2) is 10.9. The molecule has 36 heavy (non-hydrogen) atoms. The highest BCUT2D eigenvalue weighted by Gasteiger charge is 2.44. The molecule has 0 saturated heterocycles. The number of rotatable bonds is 6. The summed E-state index contributed by atoms with van der Waals surface area (Å²) in [6.45, 7) is 2.95. The van der Waals surface area contributed by atoms with E-state index in [0.717, 1.165) is 11.3 Å². The molecule has 2 amide bonds. The molecule has 2 aromatic heterocycles. The molecule has 9 nitrogen and oxygen atoms in total. The maximum absolute atomic E-state index is 13.0. The van der Waals surface area contributed by atoms with Crippen LogP contribution in [0.4, 0.5) is 24.0 Å². The number of nitrogens with one attached hydrogen (secondary N) is 1. The van der Waals surface area contributed by atoms with Crippen molar-refractivity contribution in [1.29, 1.82) is 0 Å². The van der Waals surface area contributed by atoms with Crippen LogP contribution in [-0.4, -0.2) is 41.0 Å². The molecular formula is C22H18ClF3N4O5S. The van der Waals surface area contributed by atoms with Gasteiger partial charge in [0.15, 0.2) is 10.3 Å². The largest absolute Gasteiger partial charge is 0.497 e. The topological polar surface area (TPSA) is 111 Å². The summed E-state index contributed by atoms with van der Waals surface area (Å²) < 4.78 is 44.0. The van der Waals surface area contributed by atoms with Gasteiger partial charge in [0, 0.05) is 18.7 Å². The predicted molar refractivity (Wildman–Crippen MR) is 126 cm³/mol. The standard InChI is InChI=1S/C22H18ClF3N4O5S/c1-11-18(36-21(28-11)29-12(2)31)14-9-16(19(23)27-10-14)30(35-20(33)22(24,25)26)17(32)8-13-4-6-15(34-3)7-5-13/h4-7,9-10H,8H2,1-3H3,(H,28,29,31). The Morgan fingerprint density at radius 2 is 1.86 bits per heavy atom. The van der Waals surface area contributed by atoms with Crippen LogP contribution in [0, 0.1) is 6.92 Å². The Kier molecular flexibility index (Phi) is 8.15. The third kappa shape index (κ3) is 6.49. The maximum atomic E-state index is 13.0. The van der Waals surface area contributed by atoms with Crippen LogP contribution in [0.3, 0.4) is 0 Å². The van der Waals surface area contributed by atoms with Gasteiger partial charge in [-0.05, 0) is 30.7 Å². The van der Waals surface area contributed by atoms with Gasteiger partial charge in [-0.25, -0.2) is 14.8 Å². The van der Waals surface area contributed by atoms with E-state index in [1.807, 2.05) is 0 Å². The highest BCUT2D eigenvalue weighted by molar-refractivity contribution is 7.19. The third-order valence-corrected chi connectivity index (χ3v) is 5.94. The second-order valence-corrected chi connectivity index (χ2v) is 8.60. The molecule has 2 heterocycles. The second-order valence-electron chi connectivity index (χ2n) is 7.24. The molecule has 0 fully saturated rings. The van der Waals surface area contributed by atoms with Gasteiger partial charge < -0.3 is 14.9 Å². The Morgan fingerprint density at radius 1 is 1.19 bits per heavy atom. The summed E-state index contributed by atoms with van der Waals surface area (Å²) in [7, 11) is 1.45. The highest BCUT2D eigenvalue weighted by atomic mass is 35.5. The fraction of sp³-hybridized carbons (Fsp3) is 0.227.